The van der Waals surface area contributed by atoms with Gasteiger partial charge >= 0.3 is 5.97 Å². The summed E-state index contributed by atoms with van der Waals surface area (Å²) in [6, 6.07) is 0.142. The van der Waals surface area contributed by atoms with E-state index < -0.39 is 5.97 Å². The molecular formula is C9H12N2O3. The van der Waals surface area contributed by atoms with Crippen LogP contribution in [0.5, 0.6) is 0 Å². The Morgan fingerprint density at radius 2 is 2.57 bits per heavy atom. The number of hydrogen-bond acceptors (Lipinski definition) is 4. The van der Waals surface area contributed by atoms with E-state index in [4.69, 9.17) is 9.52 Å². The van der Waals surface area contributed by atoms with Crippen LogP contribution in [0.2, 0.25) is 0 Å². The first-order valence-corrected chi connectivity index (χ1v) is 4.57. The smallest absolute Gasteiger partial charge is 0.357 e. The molecule has 0 saturated carbocycles. The molecule has 1 atom stereocenters. The number of oxazole rings is 1. The van der Waals surface area contributed by atoms with Crippen molar-refractivity contribution >= 4 is 5.97 Å². The number of aromatic carboxylic acids is 1. The first-order valence-electron chi connectivity index (χ1n) is 4.57. The number of carbonyl (C=O) groups is 1. The molecule has 1 aliphatic heterocycles. The van der Waals surface area contributed by atoms with Crippen molar-refractivity contribution in [1.82, 2.24) is 9.88 Å². The Morgan fingerprint density at radius 3 is 3.07 bits per heavy atom. The zero-order valence-corrected chi connectivity index (χ0v) is 7.93. The molecule has 0 aromatic carbocycles. The summed E-state index contributed by atoms with van der Waals surface area (Å²) < 4.78 is 5.15. The molecule has 1 fully saturated rings. The number of hydrogen-bond donors (Lipinski definition) is 1. The highest BCUT2D eigenvalue weighted by Gasteiger charge is 2.27. The summed E-state index contributed by atoms with van der Waals surface area (Å²) >= 11 is 0. The lowest BCUT2D eigenvalue weighted by Gasteiger charge is -2.14. The van der Waals surface area contributed by atoms with Gasteiger partial charge in [0.1, 0.15) is 6.26 Å². The van der Waals surface area contributed by atoms with Gasteiger partial charge in [-0.25, -0.2) is 9.78 Å². The minimum absolute atomic E-state index is 0.0136. The molecule has 1 saturated heterocycles. The van der Waals surface area contributed by atoms with Gasteiger partial charge in [-0.3, -0.25) is 4.90 Å². The fourth-order valence-electron chi connectivity index (χ4n) is 1.76. The van der Waals surface area contributed by atoms with Crippen LogP contribution in [0.3, 0.4) is 0 Å². The first-order chi connectivity index (χ1) is 6.68. The quantitative estimate of drug-likeness (QED) is 0.768. The van der Waals surface area contributed by atoms with Crippen LogP contribution in [-0.2, 0) is 0 Å². The Morgan fingerprint density at radius 1 is 1.79 bits per heavy atom. The Balaban J connectivity index is 2.20. The highest BCUT2D eigenvalue weighted by atomic mass is 16.4. The van der Waals surface area contributed by atoms with Crippen molar-refractivity contribution in [2.24, 2.45) is 0 Å². The van der Waals surface area contributed by atoms with Crippen molar-refractivity contribution in [3.05, 3.63) is 17.8 Å². The largest absolute Gasteiger partial charge is 0.476 e. The molecule has 1 unspecified atom stereocenters. The van der Waals surface area contributed by atoms with Gasteiger partial charge in [0.05, 0.1) is 6.04 Å². The normalized spacial score (nSPS) is 22.8. The zero-order chi connectivity index (χ0) is 10.1. The highest BCUT2D eigenvalue weighted by molar-refractivity contribution is 5.84. The third-order valence-corrected chi connectivity index (χ3v) is 2.55. The molecule has 76 valence electrons. The second-order valence-corrected chi connectivity index (χ2v) is 3.51. The minimum Gasteiger partial charge on any atom is -0.476 e. The van der Waals surface area contributed by atoms with E-state index in [0.717, 1.165) is 19.4 Å². The van der Waals surface area contributed by atoms with Gasteiger partial charge in [-0.15, -0.1) is 0 Å². The van der Waals surface area contributed by atoms with E-state index in [1.807, 2.05) is 7.05 Å². The summed E-state index contributed by atoms with van der Waals surface area (Å²) in [5.74, 6) is -0.525. The third-order valence-electron chi connectivity index (χ3n) is 2.55. The fourth-order valence-corrected chi connectivity index (χ4v) is 1.76. The molecule has 5 heteroatoms. The summed E-state index contributed by atoms with van der Waals surface area (Å²) in [7, 11) is 1.99. The second kappa shape index (κ2) is 3.42. The van der Waals surface area contributed by atoms with Gasteiger partial charge in [0, 0.05) is 0 Å². The molecule has 1 aromatic rings. The predicted molar refractivity (Wildman–Crippen MR) is 48.1 cm³/mol. The molecule has 5 nitrogen and oxygen atoms in total. The average molecular weight is 196 g/mol. The number of likely N-dealkylation sites (tertiary alicyclic amines) is 1. The molecular weight excluding hydrogens is 184 g/mol. The summed E-state index contributed by atoms with van der Waals surface area (Å²) in [6.07, 6.45) is 3.28. The summed E-state index contributed by atoms with van der Waals surface area (Å²) in [6.45, 7) is 1.01. The lowest BCUT2D eigenvalue weighted by molar-refractivity contribution is 0.0690. The van der Waals surface area contributed by atoms with Gasteiger partial charge in [0.25, 0.3) is 0 Å². The van der Waals surface area contributed by atoms with Gasteiger partial charge in [-0.2, -0.15) is 0 Å². The number of aromatic nitrogens is 1. The lowest BCUT2D eigenvalue weighted by Crippen LogP contribution is -2.17. The van der Waals surface area contributed by atoms with Crippen LogP contribution in [0, 0.1) is 0 Å². The molecule has 1 aliphatic rings. The molecule has 0 amide bonds. The van der Waals surface area contributed by atoms with E-state index in [2.05, 4.69) is 9.88 Å². The zero-order valence-electron chi connectivity index (χ0n) is 7.93. The predicted octanol–water partition coefficient (Wildman–Crippen LogP) is 1.14. The van der Waals surface area contributed by atoms with Crippen LogP contribution in [0.4, 0.5) is 0 Å². The first kappa shape index (κ1) is 9.21. The molecule has 0 radical (unpaired) electrons. The third kappa shape index (κ3) is 1.50. The van der Waals surface area contributed by atoms with Crippen molar-refractivity contribution in [2.45, 2.75) is 18.9 Å². The maximum atomic E-state index is 10.6. The van der Waals surface area contributed by atoms with Gasteiger partial charge in [-0.1, -0.05) is 0 Å². The monoisotopic (exact) mass is 196 g/mol. The van der Waals surface area contributed by atoms with Crippen molar-refractivity contribution in [2.75, 3.05) is 13.6 Å². The maximum absolute atomic E-state index is 10.6. The van der Waals surface area contributed by atoms with E-state index in [1.54, 1.807) is 0 Å². The van der Waals surface area contributed by atoms with Crippen molar-refractivity contribution in [3.63, 3.8) is 0 Å². The highest BCUT2D eigenvalue weighted by Crippen LogP contribution is 2.29. The molecule has 1 N–H and O–H groups in total. The molecule has 0 aliphatic carbocycles. The van der Waals surface area contributed by atoms with E-state index in [1.165, 1.54) is 6.26 Å². The van der Waals surface area contributed by atoms with Crippen LogP contribution in [0.25, 0.3) is 0 Å². The van der Waals surface area contributed by atoms with Crippen LogP contribution in [0.1, 0.15) is 35.3 Å². The topological polar surface area (TPSA) is 66.6 Å². The van der Waals surface area contributed by atoms with E-state index in [9.17, 15) is 4.79 Å². The molecule has 2 heterocycles. The minimum atomic E-state index is -1.04. The summed E-state index contributed by atoms with van der Waals surface area (Å²) in [5.41, 5.74) is -0.0136. The standard InChI is InChI=1S/C9H12N2O3/c1-11-4-2-3-7(11)8-10-6(5-14-8)9(12)13/h5,7H,2-4H2,1H3,(H,12,13). The number of carboxylic acid groups (broad SMARTS) is 1. The number of carboxylic acids is 1. The SMILES string of the molecule is CN1CCCC1c1nc(C(=O)O)co1. The summed E-state index contributed by atoms with van der Waals surface area (Å²) in [4.78, 5) is 16.6. The van der Waals surface area contributed by atoms with E-state index >= 15 is 0 Å². The number of nitrogens with zero attached hydrogens (tertiary/aromatic N) is 2. The van der Waals surface area contributed by atoms with Crippen LogP contribution < -0.4 is 0 Å². The van der Waals surface area contributed by atoms with Crippen LogP contribution in [0.15, 0.2) is 10.7 Å². The van der Waals surface area contributed by atoms with Crippen LogP contribution in [-0.4, -0.2) is 34.6 Å². The maximum Gasteiger partial charge on any atom is 0.357 e. The molecule has 14 heavy (non-hydrogen) atoms. The van der Waals surface area contributed by atoms with Gasteiger partial charge in [0.2, 0.25) is 5.89 Å². The Bertz CT molecular complexity index is 348. The summed E-state index contributed by atoms with van der Waals surface area (Å²) in [5, 5.41) is 8.67. The van der Waals surface area contributed by atoms with E-state index in [0.29, 0.717) is 5.89 Å². The Labute approximate surface area is 81.3 Å². The Kier molecular flexibility index (Phi) is 2.25. The molecule has 0 bridgehead atoms. The van der Waals surface area contributed by atoms with Gasteiger partial charge in [-0.05, 0) is 26.4 Å². The van der Waals surface area contributed by atoms with E-state index in [-0.39, 0.29) is 11.7 Å². The second-order valence-electron chi connectivity index (χ2n) is 3.51. The van der Waals surface area contributed by atoms with Crippen molar-refractivity contribution in [1.29, 1.82) is 0 Å². The number of rotatable bonds is 2. The molecule has 1 aromatic heterocycles. The van der Waals surface area contributed by atoms with Gasteiger partial charge in [0.15, 0.2) is 5.69 Å². The van der Waals surface area contributed by atoms with Crippen molar-refractivity contribution < 1.29 is 14.3 Å². The van der Waals surface area contributed by atoms with Crippen molar-refractivity contribution in [3.8, 4) is 0 Å². The molecule has 2 rings (SSSR count). The van der Waals surface area contributed by atoms with Crippen LogP contribution >= 0.6 is 0 Å². The lowest BCUT2D eigenvalue weighted by atomic mass is 10.2. The van der Waals surface area contributed by atoms with Gasteiger partial charge < -0.3 is 9.52 Å². The molecule has 0 spiro atoms. The fraction of sp³-hybridized carbons (Fsp3) is 0.556. The average Bonchev–Trinajstić information content (AvgIpc) is 2.71. The Hall–Kier alpha value is -1.36.